The molecule has 0 radical (unpaired) electrons. The Morgan fingerprint density at radius 2 is 1.71 bits per heavy atom. The number of nitrogens with one attached hydrogen (secondary N) is 1. The summed E-state index contributed by atoms with van der Waals surface area (Å²) in [6.07, 6.45) is 13.1. The summed E-state index contributed by atoms with van der Waals surface area (Å²) in [5.41, 5.74) is 0.188. The topological polar surface area (TPSA) is 41.6 Å². The van der Waals surface area contributed by atoms with Gasteiger partial charge in [-0.1, -0.05) is 38.5 Å². The van der Waals surface area contributed by atoms with Crippen molar-refractivity contribution in [2.45, 2.75) is 75.0 Å². The molecule has 2 saturated carbocycles. The highest BCUT2D eigenvalue weighted by Gasteiger charge is 2.38. The van der Waals surface area contributed by atoms with Crippen molar-refractivity contribution in [3.63, 3.8) is 0 Å². The minimum Gasteiger partial charge on any atom is -0.379 e. The predicted molar refractivity (Wildman–Crippen MR) is 101 cm³/mol. The van der Waals surface area contributed by atoms with Crippen molar-refractivity contribution in [1.29, 1.82) is 0 Å². The number of hydrogen-bond acceptors (Lipinski definition) is 4. The summed E-state index contributed by atoms with van der Waals surface area (Å²) >= 11 is 1.88. The average molecular weight is 355 g/mol. The van der Waals surface area contributed by atoms with Crippen molar-refractivity contribution in [3.05, 3.63) is 0 Å². The number of ether oxygens (including phenoxy) is 1. The molecule has 0 atom stereocenters. The lowest BCUT2D eigenvalue weighted by atomic mass is 9.79. The van der Waals surface area contributed by atoms with Gasteiger partial charge in [0, 0.05) is 30.4 Å². The third-order valence-corrected chi connectivity index (χ3v) is 7.45. The lowest BCUT2D eigenvalue weighted by Gasteiger charge is -2.48. The van der Waals surface area contributed by atoms with E-state index in [1.54, 1.807) is 0 Å². The molecule has 1 heterocycles. The van der Waals surface area contributed by atoms with Gasteiger partial charge in [-0.25, -0.2) is 0 Å². The molecule has 3 rings (SSSR count). The van der Waals surface area contributed by atoms with Crippen LogP contribution in [0.15, 0.2) is 0 Å². The first-order chi connectivity index (χ1) is 11.8. The van der Waals surface area contributed by atoms with Gasteiger partial charge in [0.25, 0.3) is 0 Å². The zero-order valence-corrected chi connectivity index (χ0v) is 15.9. The van der Waals surface area contributed by atoms with Crippen LogP contribution in [0.4, 0.5) is 0 Å². The van der Waals surface area contributed by atoms with Crippen LogP contribution < -0.4 is 5.32 Å². The quantitative estimate of drug-likeness (QED) is 0.795. The summed E-state index contributed by atoms with van der Waals surface area (Å²) in [4.78, 5) is 15.0. The maximum absolute atomic E-state index is 12.4. The highest BCUT2D eigenvalue weighted by Crippen LogP contribution is 2.34. The SMILES string of the molecule is O=C(CSC1CCCCC1)NCC1(N2CCOCC2)CCCCC1. The molecule has 0 aromatic rings. The molecule has 0 bridgehead atoms. The normalized spacial score (nSPS) is 26.2. The number of thioether (sulfide) groups is 1. The maximum Gasteiger partial charge on any atom is 0.230 e. The van der Waals surface area contributed by atoms with Crippen LogP contribution in [-0.4, -0.2) is 60.2 Å². The number of nitrogens with zero attached hydrogens (tertiary/aromatic N) is 1. The van der Waals surface area contributed by atoms with Gasteiger partial charge in [0.15, 0.2) is 0 Å². The van der Waals surface area contributed by atoms with E-state index in [0.29, 0.717) is 11.0 Å². The highest BCUT2D eigenvalue weighted by atomic mass is 32.2. The Morgan fingerprint density at radius 3 is 2.42 bits per heavy atom. The molecule has 0 aromatic carbocycles. The second kappa shape index (κ2) is 9.44. The first-order valence-corrected chi connectivity index (χ1v) is 11.0. The number of morpholine rings is 1. The molecule has 5 heteroatoms. The molecular weight excluding hydrogens is 320 g/mol. The average Bonchev–Trinajstić information content (AvgIpc) is 2.67. The number of carbonyl (C=O) groups is 1. The van der Waals surface area contributed by atoms with Crippen LogP contribution in [0.3, 0.4) is 0 Å². The zero-order chi connectivity index (χ0) is 16.7. The van der Waals surface area contributed by atoms with E-state index >= 15 is 0 Å². The molecule has 4 nitrogen and oxygen atoms in total. The molecule has 1 N–H and O–H groups in total. The molecule has 24 heavy (non-hydrogen) atoms. The second-order valence-corrected chi connectivity index (χ2v) is 9.02. The molecule has 0 unspecified atom stereocenters. The van der Waals surface area contributed by atoms with E-state index in [1.807, 2.05) is 11.8 Å². The first kappa shape index (κ1) is 18.5. The molecular formula is C19H34N2O2S. The molecule has 138 valence electrons. The molecule has 1 amide bonds. The molecule has 1 aliphatic heterocycles. The Balaban J connectivity index is 1.46. The standard InChI is InChI=1S/C19H34N2O2S/c22-18(15-24-17-7-3-1-4-8-17)20-16-19(9-5-2-6-10-19)21-11-13-23-14-12-21/h17H,1-16H2,(H,20,22). The van der Waals surface area contributed by atoms with E-state index in [1.165, 1.54) is 64.2 Å². The van der Waals surface area contributed by atoms with Crippen LogP contribution in [0.25, 0.3) is 0 Å². The Bertz CT molecular complexity index is 387. The largest absolute Gasteiger partial charge is 0.379 e. The zero-order valence-electron chi connectivity index (χ0n) is 15.1. The van der Waals surface area contributed by atoms with E-state index in [-0.39, 0.29) is 11.4 Å². The molecule has 3 aliphatic rings. The van der Waals surface area contributed by atoms with Gasteiger partial charge in [0.2, 0.25) is 5.91 Å². The van der Waals surface area contributed by atoms with Crippen molar-refractivity contribution >= 4 is 17.7 Å². The van der Waals surface area contributed by atoms with Gasteiger partial charge in [-0.2, -0.15) is 0 Å². The van der Waals surface area contributed by atoms with Crippen molar-refractivity contribution in [1.82, 2.24) is 10.2 Å². The smallest absolute Gasteiger partial charge is 0.230 e. The molecule has 2 aliphatic carbocycles. The van der Waals surface area contributed by atoms with E-state index in [4.69, 9.17) is 4.74 Å². The molecule has 3 fully saturated rings. The van der Waals surface area contributed by atoms with Crippen molar-refractivity contribution in [2.75, 3.05) is 38.6 Å². The van der Waals surface area contributed by atoms with Crippen LogP contribution in [0.2, 0.25) is 0 Å². The first-order valence-electron chi connectivity index (χ1n) is 10.00. The van der Waals surface area contributed by atoms with E-state index in [9.17, 15) is 4.79 Å². The van der Waals surface area contributed by atoms with Gasteiger partial charge in [-0.15, -0.1) is 11.8 Å². The highest BCUT2D eigenvalue weighted by molar-refractivity contribution is 8.00. The summed E-state index contributed by atoms with van der Waals surface area (Å²) in [5.74, 6) is 0.882. The van der Waals surface area contributed by atoms with Gasteiger partial charge in [-0.3, -0.25) is 9.69 Å². The lowest BCUT2D eigenvalue weighted by Crippen LogP contribution is -2.59. The fourth-order valence-electron chi connectivity index (χ4n) is 4.59. The predicted octanol–water partition coefficient (Wildman–Crippen LogP) is 3.20. The Morgan fingerprint density at radius 1 is 1.04 bits per heavy atom. The summed E-state index contributed by atoms with van der Waals surface area (Å²) < 4.78 is 5.53. The number of rotatable bonds is 6. The number of hydrogen-bond donors (Lipinski definition) is 1. The van der Waals surface area contributed by atoms with Gasteiger partial charge in [0.1, 0.15) is 0 Å². The summed E-state index contributed by atoms with van der Waals surface area (Å²) in [5, 5.41) is 4.00. The maximum atomic E-state index is 12.4. The monoisotopic (exact) mass is 354 g/mol. The summed E-state index contributed by atoms with van der Waals surface area (Å²) in [7, 11) is 0. The van der Waals surface area contributed by atoms with Gasteiger partial charge < -0.3 is 10.1 Å². The van der Waals surface area contributed by atoms with E-state index in [2.05, 4.69) is 10.2 Å². The van der Waals surface area contributed by atoms with Gasteiger partial charge in [-0.05, 0) is 25.7 Å². The minimum atomic E-state index is 0.188. The van der Waals surface area contributed by atoms with Gasteiger partial charge >= 0.3 is 0 Å². The Kier molecular flexibility index (Phi) is 7.29. The van der Waals surface area contributed by atoms with Crippen LogP contribution in [0.1, 0.15) is 64.2 Å². The Labute approximate surface area is 151 Å². The molecule has 1 saturated heterocycles. The van der Waals surface area contributed by atoms with Crippen molar-refractivity contribution in [2.24, 2.45) is 0 Å². The van der Waals surface area contributed by atoms with Crippen LogP contribution in [0.5, 0.6) is 0 Å². The van der Waals surface area contributed by atoms with Crippen LogP contribution >= 0.6 is 11.8 Å². The van der Waals surface area contributed by atoms with Crippen LogP contribution in [-0.2, 0) is 9.53 Å². The van der Waals surface area contributed by atoms with E-state index in [0.717, 1.165) is 32.8 Å². The van der Waals surface area contributed by atoms with E-state index < -0.39 is 0 Å². The third kappa shape index (κ3) is 5.12. The Hall–Kier alpha value is -0.260. The summed E-state index contributed by atoms with van der Waals surface area (Å²) in [6, 6.07) is 0. The molecule has 0 spiro atoms. The lowest BCUT2D eigenvalue weighted by molar-refractivity contribution is -0.119. The second-order valence-electron chi connectivity index (χ2n) is 7.73. The van der Waals surface area contributed by atoms with Crippen molar-refractivity contribution in [3.8, 4) is 0 Å². The van der Waals surface area contributed by atoms with Gasteiger partial charge in [0.05, 0.1) is 19.0 Å². The number of amides is 1. The minimum absolute atomic E-state index is 0.188. The summed E-state index contributed by atoms with van der Waals surface area (Å²) in [6.45, 7) is 4.55. The number of carbonyl (C=O) groups excluding carboxylic acids is 1. The fourth-order valence-corrected chi connectivity index (χ4v) is 5.75. The van der Waals surface area contributed by atoms with Crippen molar-refractivity contribution < 1.29 is 9.53 Å². The third-order valence-electron chi connectivity index (χ3n) is 6.08. The molecule has 0 aromatic heterocycles. The fraction of sp³-hybridized carbons (Fsp3) is 0.947. The van der Waals surface area contributed by atoms with Crippen LogP contribution in [0, 0.1) is 0 Å².